The normalized spacial score (nSPS) is 15.9. The summed E-state index contributed by atoms with van der Waals surface area (Å²) in [5.41, 5.74) is 8.97. The minimum Gasteiger partial charge on any atom is -0.497 e. The van der Waals surface area contributed by atoms with E-state index in [0.717, 1.165) is 24.1 Å². The highest BCUT2D eigenvalue weighted by Gasteiger charge is 2.45. The fourth-order valence-electron chi connectivity index (χ4n) is 4.82. The second kappa shape index (κ2) is 8.57. The number of nitrogens with one attached hydrogen (secondary N) is 1. The Labute approximate surface area is 202 Å². The zero-order valence-electron chi connectivity index (χ0n) is 19.7. The lowest BCUT2D eigenvalue weighted by Crippen LogP contribution is -2.39. The summed E-state index contributed by atoms with van der Waals surface area (Å²) < 4.78 is 6.71. The van der Waals surface area contributed by atoms with Gasteiger partial charge in [0.15, 0.2) is 5.69 Å². The molecule has 1 saturated carbocycles. The molecule has 1 aliphatic heterocycles. The molecule has 0 radical (unpaired) electrons. The van der Waals surface area contributed by atoms with Gasteiger partial charge in [0.1, 0.15) is 11.4 Å². The fraction of sp³-hybridized carbons (Fsp3) is 0.308. The SMILES string of the molecule is CNC(=O)CC1(c2ccc(N3CCc4c(C(N)=O)nn(-c5ccc(OC)cc5)c4C3=O)cc2)CC1. The average molecular weight is 474 g/mol. The fourth-order valence-corrected chi connectivity index (χ4v) is 4.82. The van der Waals surface area contributed by atoms with E-state index in [1.54, 1.807) is 43.3 Å². The van der Waals surface area contributed by atoms with Crippen LogP contribution in [0.2, 0.25) is 0 Å². The van der Waals surface area contributed by atoms with Crippen LogP contribution >= 0.6 is 0 Å². The van der Waals surface area contributed by atoms with Crippen LogP contribution in [0.25, 0.3) is 5.69 Å². The number of ether oxygens (including phenoxy) is 1. The molecule has 2 aliphatic rings. The molecule has 1 aliphatic carbocycles. The van der Waals surface area contributed by atoms with Gasteiger partial charge in [0, 0.05) is 36.7 Å². The van der Waals surface area contributed by atoms with Crippen molar-refractivity contribution in [3.8, 4) is 11.4 Å². The minimum absolute atomic E-state index is 0.0300. The maximum Gasteiger partial charge on any atom is 0.277 e. The van der Waals surface area contributed by atoms with E-state index in [2.05, 4.69) is 10.4 Å². The van der Waals surface area contributed by atoms with E-state index in [-0.39, 0.29) is 22.9 Å². The number of carbonyl (C=O) groups excluding carboxylic acids is 3. The predicted molar refractivity (Wildman–Crippen MR) is 130 cm³/mol. The molecule has 0 atom stereocenters. The Morgan fingerprint density at radius 3 is 2.31 bits per heavy atom. The van der Waals surface area contributed by atoms with Gasteiger partial charge in [-0.2, -0.15) is 5.10 Å². The number of methoxy groups -OCH3 is 1. The first-order valence-corrected chi connectivity index (χ1v) is 11.6. The van der Waals surface area contributed by atoms with Crippen LogP contribution in [0.5, 0.6) is 5.75 Å². The number of aromatic nitrogens is 2. The Morgan fingerprint density at radius 2 is 1.74 bits per heavy atom. The number of anilines is 1. The number of nitrogens with two attached hydrogens (primary N) is 1. The summed E-state index contributed by atoms with van der Waals surface area (Å²) in [5.74, 6) is -0.212. The molecule has 2 aromatic carbocycles. The minimum atomic E-state index is -0.662. The molecule has 1 fully saturated rings. The third kappa shape index (κ3) is 3.92. The summed E-state index contributed by atoms with van der Waals surface area (Å²) in [6, 6.07) is 14.9. The molecule has 1 aromatic heterocycles. The van der Waals surface area contributed by atoms with Crippen molar-refractivity contribution >= 4 is 23.4 Å². The molecular formula is C26H27N5O4. The van der Waals surface area contributed by atoms with E-state index in [1.165, 1.54) is 4.68 Å². The van der Waals surface area contributed by atoms with Crippen molar-refractivity contribution in [3.05, 3.63) is 71.0 Å². The van der Waals surface area contributed by atoms with Gasteiger partial charge in [-0.15, -0.1) is 0 Å². The molecule has 5 rings (SSSR count). The lowest BCUT2D eigenvalue weighted by atomic mass is 9.91. The standard InChI is InChI=1S/C26H27N5O4/c1-28-21(32)15-26(12-13-26)16-3-5-17(6-4-16)30-14-11-20-22(24(27)33)29-31(23(20)25(30)34)18-7-9-19(35-2)10-8-18/h3-10H,11-15H2,1-2H3,(H2,27,33)(H,28,32). The number of hydrogen-bond donors (Lipinski definition) is 2. The third-order valence-electron chi connectivity index (χ3n) is 6.99. The lowest BCUT2D eigenvalue weighted by molar-refractivity contribution is -0.121. The summed E-state index contributed by atoms with van der Waals surface area (Å²) in [7, 11) is 3.23. The van der Waals surface area contributed by atoms with Crippen molar-refractivity contribution in [2.24, 2.45) is 5.73 Å². The third-order valence-corrected chi connectivity index (χ3v) is 6.99. The van der Waals surface area contributed by atoms with Gasteiger partial charge < -0.3 is 20.7 Å². The molecule has 2 heterocycles. The van der Waals surface area contributed by atoms with Gasteiger partial charge in [-0.1, -0.05) is 12.1 Å². The van der Waals surface area contributed by atoms with Crippen LogP contribution in [0, 0.1) is 0 Å². The molecule has 9 heteroatoms. The summed E-state index contributed by atoms with van der Waals surface area (Å²) in [5, 5.41) is 7.11. The highest BCUT2D eigenvalue weighted by Crippen LogP contribution is 2.51. The molecule has 3 amide bonds. The molecule has 35 heavy (non-hydrogen) atoms. The van der Waals surface area contributed by atoms with Gasteiger partial charge in [-0.3, -0.25) is 14.4 Å². The van der Waals surface area contributed by atoms with Crippen LogP contribution < -0.4 is 20.7 Å². The van der Waals surface area contributed by atoms with Crippen LogP contribution in [0.15, 0.2) is 48.5 Å². The highest BCUT2D eigenvalue weighted by atomic mass is 16.5. The molecule has 3 N–H and O–H groups in total. The molecule has 0 spiro atoms. The number of benzene rings is 2. The Kier molecular flexibility index (Phi) is 5.55. The zero-order chi connectivity index (χ0) is 24.7. The lowest BCUT2D eigenvalue weighted by Gasteiger charge is -2.28. The second-order valence-corrected chi connectivity index (χ2v) is 9.03. The van der Waals surface area contributed by atoms with E-state index in [0.29, 0.717) is 42.1 Å². The Bertz CT molecular complexity index is 1310. The summed E-state index contributed by atoms with van der Waals surface area (Å²) in [6.07, 6.45) is 2.87. The van der Waals surface area contributed by atoms with Crippen LogP contribution in [-0.2, 0) is 16.6 Å². The summed E-state index contributed by atoms with van der Waals surface area (Å²) >= 11 is 0. The van der Waals surface area contributed by atoms with Crippen molar-refractivity contribution < 1.29 is 19.1 Å². The molecule has 0 bridgehead atoms. The first kappa shape index (κ1) is 22.6. The number of fused-ring (bicyclic) bond motifs is 1. The Balaban J connectivity index is 1.47. The van der Waals surface area contributed by atoms with Crippen LogP contribution in [0.1, 0.15) is 51.4 Å². The van der Waals surface area contributed by atoms with Gasteiger partial charge in [0.05, 0.1) is 12.8 Å². The molecule has 180 valence electrons. The van der Waals surface area contributed by atoms with E-state index in [1.807, 2.05) is 24.3 Å². The van der Waals surface area contributed by atoms with Crippen molar-refractivity contribution in [3.63, 3.8) is 0 Å². The van der Waals surface area contributed by atoms with Crippen molar-refractivity contribution in [2.75, 3.05) is 25.6 Å². The molecule has 0 saturated heterocycles. The number of rotatable bonds is 7. The smallest absolute Gasteiger partial charge is 0.277 e. The highest BCUT2D eigenvalue weighted by molar-refractivity contribution is 6.09. The zero-order valence-corrected chi connectivity index (χ0v) is 19.7. The van der Waals surface area contributed by atoms with Gasteiger partial charge in [0.25, 0.3) is 11.8 Å². The van der Waals surface area contributed by atoms with Crippen molar-refractivity contribution in [1.29, 1.82) is 0 Å². The summed E-state index contributed by atoms with van der Waals surface area (Å²) in [6.45, 7) is 0.406. The van der Waals surface area contributed by atoms with Crippen LogP contribution in [0.4, 0.5) is 5.69 Å². The van der Waals surface area contributed by atoms with Gasteiger partial charge in [0.2, 0.25) is 5.91 Å². The summed E-state index contributed by atoms with van der Waals surface area (Å²) in [4.78, 5) is 39.4. The van der Waals surface area contributed by atoms with Crippen molar-refractivity contribution in [1.82, 2.24) is 15.1 Å². The van der Waals surface area contributed by atoms with Crippen molar-refractivity contribution in [2.45, 2.75) is 31.1 Å². The number of primary amides is 1. The second-order valence-electron chi connectivity index (χ2n) is 9.03. The molecule has 9 nitrogen and oxygen atoms in total. The first-order valence-electron chi connectivity index (χ1n) is 11.6. The van der Waals surface area contributed by atoms with Gasteiger partial charge >= 0.3 is 0 Å². The molecular weight excluding hydrogens is 446 g/mol. The number of nitrogens with zero attached hydrogens (tertiary/aromatic N) is 3. The number of hydrogen-bond acceptors (Lipinski definition) is 5. The Morgan fingerprint density at radius 1 is 1.09 bits per heavy atom. The van der Waals surface area contributed by atoms with Crippen LogP contribution in [0.3, 0.4) is 0 Å². The predicted octanol–water partition coefficient (Wildman–Crippen LogP) is 2.35. The number of amides is 3. The topological polar surface area (TPSA) is 120 Å². The maximum absolute atomic E-state index is 13.7. The van der Waals surface area contributed by atoms with Gasteiger partial charge in [-0.25, -0.2) is 4.68 Å². The average Bonchev–Trinajstić information content (AvgIpc) is 3.54. The molecule has 0 unspecified atom stereocenters. The first-order chi connectivity index (χ1) is 16.9. The monoisotopic (exact) mass is 473 g/mol. The van der Waals surface area contributed by atoms with Gasteiger partial charge in [-0.05, 0) is 61.2 Å². The van der Waals surface area contributed by atoms with E-state index in [4.69, 9.17) is 10.5 Å². The largest absolute Gasteiger partial charge is 0.497 e. The van der Waals surface area contributed by atoms with E-state index in [9.17, 15) is 14.4 Å². The van der Waals surface area contributed by atoms with Crippen LogP contribution in [-0.4, -0.2) is 48.2 Å². The quantitative estimate of drug-likeness (QED) is 0.546. The molecule has 3 aromatic rings. The number of carbonyl (C=O) groups is 3. The maximum atomic E-state index is 13.7. The van der Waals surface area contributed by atoms with E-state index >= 15 is 0 Å². The van der Waals surface area contributed by atoms with E-state index < -0.39 is 5.91 Å². The Hall–Kier alpha value is -4.14.